The third-order valence-electron chi connectivity index (χ3n) is 2.98. The first kappa shape index (κ1) is 14.2. The third kappa shape index (κ3) is 2.86. The summed E-state index contributed by atoms with van der Waals surface area (Å²) in [4.78, 5) is 0. The molecule has 19 heavy (non-hydrogen) atoms. The summed E-state index contributed by atoms with van der Waals surface area (Å²) in [6.07, 6.45) is 0. The predicted molar refractivity (Wildman–Crippen MR) is 75.4 cm³/mol. The molecule has 2 aromatic rings. The number of aliphatic hydroxyl groups is 1. The average molecular weight is 325 g/mol. The zero-order valence-electron chi connectivity index (χ0n) is 10.4. The molecule has 2 aromatic carbocycles. The van der Waals surface area contributed by atoms with Crippen molar-refractivity contribution in [3.63, 3.8) is 0 Å². The van der Waals surface area contributed by atoms with Crippen molar-refractivity contribution in [2.75, 3.05) is 13.7 Å². The number of ether oxygens (including phenoxy) is 1. The van der Waals surface area contributed by atoms with E-state index in [1.807, 2.05) is 6.07 Å². The third-order valence-corrected chi connectivity index (χ3v) is 3.47. The van der Waals surface area contributed by atoms with Crippen LogP contribution in [-0.2, 0) is 10.3 Å². The summed E-state index contributed by atoms with van der Waals surface area (Å²) in [5, 5.41) is 10.9. The van der Waals surface area contributed by atoms with Gasteiger partial charge in [0.1, 0.15) is 11.4 Å². The number of halogens is 2. The van der Waals surface area contributed by atoms with E-state index >= 15 is 0 Å². The second-order valence-electron chi connectivity index (χ2n) is 4.28. The molecule has 0 bridgehead atoms. The van der Waals surface area contributed by atoms with E-state index in [1.54, 1.807) is 36.4 Å². The SMILES string of the molecule is COCC(O)(c1ccccc1)c1cc(Br)ccc1F. The molecule has 0 aliphatic heterocycles. The van der Waals surface area contributed by atoms with Crippen LogP contribution in [0.25, 0.3) is 0 Å². The van der Waals surface area contributed by atoms with Crippen LogP contribution in [0.3, 0.4) is 0 Å². The molecule has 0 fully saturated rings. The Morgan fingerprint density at radius 1 is 1.21 bits per heavy atom. The Morgan fingerprint density at radius 3 is 2.53 bits per heavy atom. The molecule has 0 radical (unpaired) electrons. The molecule has 0 aliphatic rings. The minimum atomic E-state index is -1.51. The Labute approximate surface area is 120 Å². The smallest absolute Gasteiger partial charge is 0.141 e. The fourth-order valence-corrected chi connectivity index (χ4v) is 2.41. The summed E-state index contributed by atoms with van der Waals surface area (Å²) in [5.74, 6) is -0.466. The molecule has 0 heterocycles. The van der Waals surface area contributed by atoms with Gasteiger partial charge in [0, 0.05) is 17.1 Å². The maximum Gasteiger partial charge on any atom is 0.141 e. The minimum Gasteiger partial charge on any atom is -0.381 e. The Balaban J connectivity index is 2.59. The van der Waals surface area contributed by atoms with Gasteiger partial charge < -0.3 is 9.84 Å². The van der Waals surface area contributed by atoms with Crippen LogP contribution in [0.1, 0.15) is 11.1 Å². The summed E-state index contributed by atoms with van der Waals surface area (Å²) in [5.41, 5.74) is -0.729. The van der Waals surface area contributed by atoms with Gasteiger partial charge in [0.05, 0.1) is 6.61 Å². The van der Waals surface area contributed by atoms with Gasteiger partial charge in [-0.3, -0.25) is 0 Å². The van der Waals surface area contributed by atoms with Crippen LogP contribution < -0.4 is 0 Å². The standard InChI is InChI=1S/C15H14BrFO2/c1-19-10-15(18,11-5-3-2-4-6-11)13-9-12(16)7-8-14(13)17/h2-9,18H,10H2,1H3. The van der Waals surface area contributed by atoms with Crippen molar-refractivity contribution in [2.45, 2.75) is 5.60 Å². The van der Waals surface area contributed by atoms with Gasteiger partial charge in [-0.1, -0.05) is 46.3 Å². The van der Waals surface area contributed by atoms with E-state index in [1.165, 1.54) is 13.2 Å². The van der Waals surface area contributed by atoms with Crippen LogP contribution in [0.5, 0.6) is 0 Å². The molecule has 1 N–H and O–H groups in total. The molecule has 2 rings (SSSR count). The van der Waals surface area contributed by atoms with Crippen molar-refractivity contribution in [3.05, 3.63) is 69.9 Å². The van der Waals surface area contributed by atoms with Crippen molar-refractivity contribution in [1.29, 1.82) is 0 Å². The lowest BCUT2D eigenvalue weighted by Crippen LogP contribution is -2.33. The highest BCUT2D eigenvalue weighted by molar-refractivity contribution is 9.10. The molecule has 0 spiro atoms. The number of hydrogen-bond acceptors (Lipinski definition) is 2. The van der Waals surface area contributed by atoms with Gasteiger partial charge in [0.15, 0.2) is 0 Å². The molecule has 4 heteroatoms. The molecule has 0 saturated heterocycles. The van der Waals surface area contributed by atoms with Gasteiger partial charge in [-0.2, -0.15) is 0 Å². The van der Waals surface area contributed by atoms with Gasteiger partial charge >= 0.3 is 0 Å². The van der Waals surface area contributed by atoms with Crippen molar-refractivity contribution < 1.29 is 14.2 Å². The summed E-state index contributed by atoms with van der Waals surface area (Å²) < 4.78 is 19.8. The maximum atomic E-state index is 14.0. The van der Waals surface area contributed by atoms with Gasteiger partial charge in [-0.15, -0.1) is 0 Å². The lowest BCUT2D eigenvalue weighted by atomic mass is 9.86. The lowest BCUT2D eigenvalue weighted by Gasteiger charge is -2.29. The molecule has 0 saturated carbocycles. The second-order valence-corrected chi connectivity index (χ2v) is 5.20. The summed E-state index contributed by atoms with van der Waals surface area (Å²) in [7, 11) is 1.48. The van der Waals surface area contributed by atoms with Gasteiger partial charge in [0.2, 0.25) is 0 Å². The topological polar surface area (TPSA) is 29.5 Å². The van der Waals surface area contributed by atoms with Gasteiger partial charge in [-0.25, -0.2) is 4.39 Å². The fourth-order valence-electron chi connectivity index (χ4n) is 2.05. The Morgan fingerprint density at radius 2 is 1.89 bits per heavy atom. The molecule has 1 atom stereocenters. The van der Waals surface area contributed by atoms with Gasteiger partial charge in [-0.05, 0) is 23.8 Å². The van der Waals surface area contributed by atoms with Crippen LogP contribution in [0.4, 0.5) is 4.39 Å². The van der Waals surface area contributed by atoms with Crippen LogP contribution in [-0.4, -0.2) is 18.8 Å². The summed E-state index contributed by atoms with van der Waals surface area (Å²) in [6, 6.07) is 13.4. The Bertz CT molecular complexity index is 559. The van der Waals surface area contributed by atoms with Crippen molar-refractivity contribution in [2.24, 2.45) is 0 Å². The van der Waals surface area contributed by atoms with Crippen LogP contribution in [0.15, 0.2) is 53.0 Å². The Kier molecular flexibility index (Phi) is 4.34. The van der Waals surface area contributed by atoms with E-state index in [0.29, 0.717) is 10.0 Å². The first-order valence-electron chi connectivity index (χ1n) is 5.80. The first-order valence-corrected chi connectivity index (χ1v) is 6.59. The minimum absolute atomic E-state index is 0.0234. The lowest BCUT2D eigenvalue weighted by molar-refractivity contribution is -0.00573. The summed E-state index contributed by atoms with van der Waals surface area (Å²) >= 11 is 3.29. The summed E-state index contributed by atoms with van der Waals surface area (Å²) in [6.45, 7) is -0.0234. The molecule has 100 valence electrons. The van der Waals surface area contributed by atoms with Crippen molar-refractivity contribution in [1.82, 2.24) is 0 Å². The highest BCUT2D eigenvalue weighted by Gasteiger charge is 2.34. The number of methoxy groups -OCH3 is 1. The monoisotopic (exact) mass is 324 g/mol. The molecular weight excluding hydrogens is 311 g/mol. The van der Waals surface area contributed by atoms with E-state index in [-0.39, 0.29) is 12.2 Å². The van der Waals surface area contributed by atoms with Crippen molar-refractivity contribution in [3.8, 4) is 0 Å². The van der Waals surface area contributed by atoms with Crippen LogP contribution >= 0.6 is 15.9 Å². The van der Waals surface area contributed by atoms with E-state index in [0.717, 1.165) is 0 Å². The predicted octanol–water partition coefficient (Wildman–Crippen LogP) is 3.47. The highest BCUT2D eigenvalue weighted by atomic mass is 79.9. The molecule has 1 unspecified atom stereocenters. The first-order chi connectivity index (χ1) is 9.08. The maximum absolute atomic E-state index is 14.0. The zero-order valence-corrected chi connectivity index (χ0v) is 12.0. The van der Waals surface area contributed by atoms with Crippen LogP contribution in [0, 0.1) is 5.82 Å². The molecule has 2 nitrogen and oxygen atoms in total. The Hall–Kier alpha value is -1.23. The average Bonchev–Trinajstić information content (AvgIpc) is 2.42. The normalized spacial score (nSPS) is 14.1. The van der Waals surface area contributed by atoms with Crippen LogP contribution in [0.2, 0.25) is 0 Å². The van der Waals surface area contributed by atoms with Crippen molar-refractivity contribution >= 4 is 15.9 Å². The fraction of sp³-hybridized carbons (Fsp3) is 0.200. The molecule has 0 aliphatic carbocycles. The number of rotatable bonds is 4. The highest BCUT2D eigenvalue weighted by Crippen LogP contribution is 2.33. The second kappa shape index (κ2) is 5.82. The number of hydrogen-bond donors (Lipinski definition) is 1. The van der Waals surface area contributed by atoms with E-state index < -0.39 is 11.4 Å². The van der Waals surface area contributed by atoms with E-state index in [9.17, 15) is 9.50 Å². The van der Waals surface area contributed by atoms with E-state index in [2.05, 4.69) is 15.9 Å². The van der Waals surface area contributed by atoms with E-state index in [4.69, 9.17) is 4.74 Å². The molecule has 0 amide bonds. The quantitative estimate of drug-likeness (QED) is 0.933. The zero-order chi connectivity index (χ0) is 13.9. The number of benzene rings is 2. The largest absolute Gasteiger partial charge is 0.381 e. The van der Waals surface area contributed by atoms with Gasteiger partial charge in [0.25, 0.3) is 0 Å². The molecular formula is C15H14BrFO2. The molecule has 0 aromatic heterocycles.